The number of hydrogen-bond acceptors (Lipinski definition) is 8. The van der Waals surface area contributed by atoms with E-state index in [-0.39, 0.29) is 49.8 Å². The summed E-state index contributed by atoms with van der Waals surface area (Å²) >= 11 is 0. The van der Waals surface area contributed by atoms with E-state index in [0.717, 1.165) is 41.9 Å². The molecule has 3 aromatic carbocycles. The average molecular weight is 660 g/mol. The maximum absolute atomic E-state index is 14.4. The van der Waals surface area contributed by atoms with Crippen molar-refractivity contribution in [3.05, 3.63) is 83.4 Å². The molecule has 0 aromatic heterocycles. The van der Waals surface area contributed by atoms with Gasteiger partial charge in [-0.1, -0.05) is 43.3 Å². The topological polar surface area (TPSA) is 110 Å². The van der Waals surface area contributed by atoms with Crippen molar-refractivity contribution in [2.75, 3.05) is 45.5 Å². The molecule has 2 aliphatic heterocycles. The van der Waals surface area contributed by atoms with Gasteiger partial charge in [0.15, 0.2) is 11.5 Å². The first-order chi connectivity index (χ1) is 23.2. The van der Waals surface area contributed by atoms with Crippen molar-refractivity contribution in [3.63, 3.8) is 0 Å². The second-order valence-electron chi connectivity index (χ2n) is 13.1. The van der Waals surface area contributed by atoms with Crippen LogP contribution in [0.25, 0.3) is 0 Å². The minimum absolute atomic E-state index is 0.0536. The molecule has 0 spiro atoms. The molecule has 10 heteroatoms. The van der Waals surface area contributed by atoms with Crippen LogP contribution >= 0.6 is 0 Å². The zero-order chi connectivity index (χ0) is 34.0. The molecule has 2 amide bonds. The fourth-order valence-corrected chi connectivity index (χ4v) is 6.17. The standard InChI is InChI=1S/C38H49N3O7/c1-26-21-41(27(2)24-42)38(44)32-20-31(39-37(43)19-29-11-6-5-7-12-29)14-16-33(32)48-28(3)10-8-9-17-45-36(26)23-40(4)22-30-13-15-34-35(18-30)47-25-46-34/h5-7,11-16,18,20,26-28,36,42H,8-10,17,19,21-25H2,1-4H3,(H,39,43)/t26-,27+,28+,36-/m1/s1. The molecule has 4 atom stereocenters. The van der Waals surface area contributed by atoms with Gasteiger partial charge >= 0.3 is 0 Å². The number of hydrogen-bond donors (Lipinski definition) is 2. The number of nitrogens with zero attached hydrogens (tertiary/aromatic N) is 2. The summed E-state index contributed by atoms with van der Waals surface area (Å²) in [5.41, 5.74) is 2.87. The lowest BCUT2D eigenvalue weighted by molar-refractivity contribution is -0.115. The van der Waals surface area contributed by atoms with Crippen LogP contribution in [-0.2, 0) is 22.5 Å². The summed E-state index contributed by atoms with van der Waals surface area (Å²) in [4.78, 5) is 31.2. The van der Waals surface area contributed by atoms with Crippen molar-refractivity contribution in [2.45, 2.75) is 71.2 Å². The maximum Gasteiger partial charge on any atom is 0.258 e. The fraction of sp³-hybridized carbons (Fsp3) is 0.474. The predicted molar refractivity (Wildman–Crippen MR) is 185 cm³/mol. The largest absolute Gasteiger partial charge is 0.490 e. The summed E-state index contributed by atoms with van der Waals surface area (Å²) in [6.07, 6.45) is 2.52. The Hall–Kier alpha value is -4.12. The van der Waals surface area contributed by atoms with Crippen molar-refractivity contribution >= 4 is 17.5 Å². The van der Waals surface area contributed by atoms with Gasteiger partial charge in [-0.05, 0) is 81.6 Å². The van der Waals surface area contributed by atoms with Gasteiger partial charge in [-0.3, -0.25) is 14.5 Å². The summed E-state index contributed by atoms with van der Waals surface area (Å²) in [7, 11) is 2.06. The molecule has 10 nitrogen and oxygen atoms in total. The van der Waals surface area contributed by atoms with E-state index in [2.05, 4.69) is 24.2 Å². The van der Waals surface area contributed by atoms with Crippen molar-refractivity contribution in [1.29, 1.82) is 0 Å². The lowest BCUT2D eigenvalue weighted by atomic mass is 10.0. The highest BCUT2D eigenvalue weighted by Crippen LogP contribution is 2.33. The first-order valence-electron chi connectivity index (χ1n) is 16.9. The van der Waals surface area contributed by atoms with E-state index in [4.69, 9.17) is 18.9 Å². The molecular weight excluding hydrogens is 610 g/mol. The van der Waals surface area contributed by atoms with Crippen molar-refractivity contribution in [1.82, 2.24) is 9.80 Å². The molecule has 0 radical (unpaired) electrons. The summed E-state index contributed by atoms with van der Waals surface area (Å²) in [5.74, 6) is 1.48. The number of nitrogens with one attached hydrogen (secondary N) is 1. The number of anilines is 1. The van der Waals surface area contributed by atoms with Gasteiger partial charge in [0, 0.05) is 37.8 Å². The molecule has 0 saturated carbocycles. The first kappa shape index (κ1) is 35.2. The van der Waals surface area contributed by atoms with Gasteiger partial charge in [-0.25, -0.2) is 0 Å². The number of aliphatic hydroxyl groups is 1. The number of amides is 2. The lowest BCUT2D eigenvalue weighted by Crippen LogP contribution is -2.47. The van der Waals surface area contributed by atoms with E-state index in [1.807, 2.05) is 62.4 Å². The molecule has 2 aliphatic rings. The summed E-state index contributed by atoms with van der Waals surface area (Å²) in [5, 5.41) is 13.2. The molecule has 3 aromatic rings. The van der Waals surface area contributed by atoms with Crippen molar-refractivity contribution in [2.24, 2.45) is 5.92 Å². The van der Waals surface area contributed by atoms with E-state index < -0.39 is 6.04 Å². The third-order valence-corrected chi connectivity index (χ3v) is 8.92. The zero-order valence-electron chi connectivity index (χ0n) is 28.5. The van der Waals surface area contributed by atoms with Gasteiger partial charge in [-0.2, -0.15) is 0 Å². The van der Waals surface area contributed by atoms with Crippen LogP contribution in [0.15, 0.2) is 66.7 Å². The summed E-state index contributed by atoms with van der Waals surface area (Å²) in [6.45, 7) is 8.28. The smallest absolute Gasteiger partial charge is 0.258 e. The second-order valence-corrected chi connectivity index (χ2v) is 13.1. The number of rotatable bonds is 9. The molecule has 0 unspecified atom stereocenters. The third kappa shape index (κ3) is 9.49. The molecule has 2 heterocycles. The lowest BCUT2D eigenvalue weighted by Gasteiger charge is -2.36. The number of ether oxygens (including phenoxy) is 4. The molecule has 2 N–H and O–H groups in total. The van der Waals surface area contributed by atoms with Crippen LogP contribution in [0.3, 0.4) is 0 Å². The van der Waals surface area contributed by atoms with Gasteiger partial charge < -0.3 is 34.3 Å². The maximum atomic E-state index is 14.4. The molecule has 48 heavy (non-hydrogen) atoms. The van der Waals surface area contributed by atoms with Gasteiger partial charge in [0.2, 0.25) is 12.7 Å². The van der Waals surface area contributed by atoms with E-state index in [1.165, 1.54) is 0 Å². The van der Waals surface area contributed by atoms with Crippen LogP contribution in [0.1, 0.15) is 61.5 Å². The summed E-state index contributed by atoms with van der Waals surface area (Å²) in [6, 6.07) is 20.3. The number of carbonyl (C=O) groups excluding carboxylic acids is 2. The Balaban J connectivity index is 1.36. The Bertz CT molecular complexity index is 1520. The number of benzene rings is 3. The molecule has 0 saturated heterocycles. The van der Waals surface area contributed by atoms with E-state index in [9.17, 15) is 14.7 Å². The Labute approximate surface area is 283 Å². The van der Waals surface area contributed by atoms with Crippen LogP contribution < -0.4 is 19.5 Å². The van der Waals surface area contributed by atoms with Gasteiger partial charge in [-0.15, -0.1) is 0 Å². The van der Waals surface area contributed by atoms with Gasteiger partial charge in [0.05, 0.1) is 36.8 Å². The number of likely N-dealkylation sites (N-methyl/N-ethyl adjacent to an activating group) is 1. The highest BCUT2D eigenvalue weighted by molar-refractivity contribution is 6.00. The Morgan fingerprint density at radius 1 is 1.00 bits per heavy atom. The zero-order valence-corrected chi connectivity index (χ0v) is 28.5. The summed E-state index contributed by atoms with van der Waals surface area (Å²) < 4.78 is 23.9. The van der Waals surface area contributed by atoms with Crippen LogP contribution in [0.5, 0.6) is 17.2 Å². The molecule has 258 valence electrons. The van der Waals surface area contributed by atoms with E-state index in [0.29, 0.717) is 43.2 Å². The minimum atomic E-state index is -0.457. The quantitative estimate of drug-likeness (QED) is 0.309. The second kappa shape index (κ2) is 16.8. The molecular formula is C38H49N3O7. The Kier molecular flexibility index (Phi) is 12.3. The van der Waals surface area contributed by atoms with Crippen LogP contribution in [0, 0.1) is 5.92 Å². The average Bonchev–Trinajstić information content (AvgIpc) is 3.54. The molecule has 0 bridgehead atoms. The predicted octanol–water partition coefficient (Wildman–Crippen LogP) is 5.52. The number of aliphatic hydroxyl groups excluding tert-OH is 1. The van der Waals surface area contributed by atoms with Crippen LogP contribution in [-0.4, -0.2) is 85.1 Å². The first-order valence-corrected chi connectivity index (χ1v) is 16.9. The van der Waals surface area contributed by atoms with Crippen LogP contribution in [0.2, 0.25) is 0 Å². The Morgan fingerprint density at radius 2 is 1.77 bits per heavy atom. The SMILES string of the molecule is C[C@@H]1CN([C@@H](C)CO)C(=O)c2cc(NC(=O)Cc3ccccc3)ccc2O[C@@H](C)CCCCO[C@@H]1CN(C)Cc1ccc2c(c1)OCO2. The van der Waals surface area contributed by atoms with E-state index >= 15 is 0 Å². The number of fused-ring (bicyclic) bond motifs is 2. The highest BCUT2D eigenvalue weighted by atomic mass is 16.7. The third-order valence-electron chi connectivity index (χ3n) is 8.92. The fourth-order valence-electron chi connectivity index (χ4n) is 6.17. The minimum Gasteiger partial charge on any atom is -0.490 e. The van der Waals surface area contributed by atoms with Crippen LogP contribution in [0.4, 0.5) is 5.69 Å². The monoisotopic (exact) mass is 659 g/mol. The molecule has 5 rings (SSSR count). The van der Waals surface area contributed by atoms with Gasteiger partial charge in [0.1, 0.15) is 5.75 Å². The highest BCUT2D eigenvalue weighted by Gasteiger charge is 2.30. The normalized spacial score (nSPS) is 20.8. The van der Waals surface area contributed by atoms with Crippen molar-refractivity contribution in [3.8, 4) is 17.2 Å². The van der Waals surface area contributed by atoms with E-state index in [1.54, 1.807) is 23.1 Å². The Morgan fingerprint density at radius 3 is 2.56 bits per heavy atom. The molecule has 0 fully saturated rings. The van der Waals surface area contributed by atoms with Gasteiger partial charge in [0.25, 0.3) is 5.91 Å². The molecule has 0 aliphatic carbocycles. The number of carbonyl (C=O) groups is 2. The van der Waals surface area contributed by atoms with Crippen molar-refractivity contribution < 1.29 is 33.6 Å².